The number of hydrogen-bond donors (Lipinski definition) is 0. The van der Waals surface area contributed by atoms with Crippen molar-refractivity contribution < 1.29 is 9.53 Å². The molecule has 2 aromatic rings. The van der Waals surface area contributed by atoms with Gasteiger partial charge in [0.15, 0.2) is 5.16 Å². The van der Waals surface area contributed by atoms with Gasteiger partial charge in [-0.1, -0.05) is 82.5 Å². The maximum Gasteiger partial charge on any atom is 0.316 e. The molecule has 0 fully saturated rings. The smallest absolute Gasteiger partial charge is 0.316 e. The molecular formula is C23H33N3O2S. The Morgan fingerprint density at radius 1 is 0.862 bits per heavy atom. The van der Waals surface area contributed by atoms with Crippen molar-refractivity contribution in [3.05, 3.63) is 36.7 Å². The molecule has 2 heterocycles. The minimum Gasteiger partial charge on any atom is -0.465 e. The van der Waals surface area contributed by atoms with Crippen molar-refractivity contribution in [2.24, 2.45) is 0 Å². The van der Waals surface area contributed by atoms with Crippen LogP contribution in [0.2, 0.25) is 0 Å². The lowest BCUT2D eigenvalue weighted by atomic mass is 10.1. The van der Waals surface area contributed by atoms with Gasteiger partial charge in [0.05, 0.1) is 23.7 Å². The van der Waals surface area contributed by atoms with Crippen molar-refractivity contribution in [1.29, 1.82) is 0 Å². The van der Waals surface area contributed by atoms with E-state index in [0.717, 1.165) is 24.2 Å². The van der Waals surface area contributed by atoms with E-state index in [2.05, 4.69) is 21.9 Å². The number of rotatable bonds is 15. The molecule has 29 heavy (non-hydrogen) atoms. The molecule has 0 amide bonds. The molecular weight excluding hydrogens is 382 g/mol. The first-order valence-corrected chi connectivity index (χ1v) is 11.8. The first-order valence-electron chi connectivity index (χ1n) is 10.8. The van der Waals surface area contributed by atoms with E-state index in [9.17, 15) is 4.79 Å². The molecule has 0 aliphatic rings. The predicted molar refractivity (Wildman–Crippen MR) is 119 cm³/mol. The summed E-state index contributed by atoms with van der Waals surface area (Å²) in [6, 6.07) is 7.50. The summed E-state index contributed by atoms with van der Waals surface area (Å²) in [6.45, 7) is 2.76. The second-order valence-electron chi connectivity index (χ2n) is 7.13. The van der Waals surface area contributed by atoms with Crippen LogP contribution in [0, 0.1) is 0 Å². The van der Waals surface area contributed by atoms with Gasteiger partial charge < -0.3 is 4.74 Å². The summed E-state index contributed by atoms with van der Waals surface area (Å²) in [7, 11) is 0. The van der Waals surface area contributed by atoms with E-state index in [4.69, 9.17) is 4.74 Å². The minimum atomic E-state index is -0.210. The SMILES string of the molecule is CCCCCCCCCCCCOC(=O)CSc1nccc(-c2ccccn2)n1. The monoisotopic (exact) mass is 415 g/mol. The predicted octanol–water partition coefficient (Wildman–Crippen LogP) is 6.09. The summed E-state index contributed by atoms with van der Waals surface area (Å²) in [4.78, 5) is 24.9. The number of aromatic nitrogens is 3. The van der Waals surface area contributed by atoms with E-state index in [-0.39, 0.29) is 11.7 Å². The molecule has 0 unspecified atom stereocenters. The number of hydrogen-bond acceptors (Lipinski definition) is 6. The molecule has 0 saturated carbocycles. The first kappa shape index (κ1) is 23.3. The van der Waals surface area contributed by atoms with Crippen molar-refractivity contribution in [3.8, 4) is 11.4 Å². The summed E-state index contributed by atoms with van der Waals surface area (Å²) in [5, 5.41) is 0.559. The molecule has 158 valence electrons. The second kappa shape index (κ2) is 15.0. The van der Waals surface area contributed by atoms with Gasteiger partial charge in [0, 0.05) is 12.4 Å². The lowest BCUT2D eigenvalue weighted by molar-refractivity contribution is -0.140. The molecule has 2 rings (SSSR count). The Bertz CT molecular complexity index is 698. The van der Waals surface area contributed by atoms with Gasteiger partial charge in [-0.05, 0) is 24.6 Å². The number of unbranched alkanes of at least 4 members (excludes halogenated alkanes) is 9. The Morgan fingerprint density at radius 3 is 2.28 bits per heavy atom. The Kier molecular flexibility index (Phi) is 12.0. The molecule has 0 saturated heterocycles. The van der Waals surface area contributed by atoms with Gasteiger partial charge in [0.1, 0.15) is 0 Å². The van der Waals surface area contributed by atoms with Gasteiger partial charge >= 0.3 is 5.97 Å². The second-order valence-corrected chi connectivity index (χ2v) is 8.07. The van der Waals surface area contributed by atoms with Crippen molar-refractivity contribution in [1.82, 2.24) is 15.0 Å². The van der Waals surface area contributed by atoms with Gasteiger partial charge in [0.25, 0.3) is 0 Å². The van der Waals surface area contributed by atoms with Crippen molar-refractivity contribution in [3.63, 3.8) is 0 Å². The number of carbonyl (C=O) groups is 1. The van der Waals surface area contributed by atoms with Gasteiger partial charge in [-0.3, -0.25) is 9.78 Å². The number of carbonyl (C=O) groups excluding carboxylic acids is 1. The number of thioether (sulfide) groups is 1. The van der Waals surface area contributed by atoms with Crippen LogP contribution in [0.25, 0.3) is 11.4 Å². The van der Waals surface area contributed by atoms with Crippen molar-refractivity contribution in [2.45, 2.75) is 76.3 Å². The van der Waals surface area contributed by atoms with E-state index in [1.54, 1.807) is 12.4 Å². The van der Waals surface area contributed by atoms with Crippen LogP contribution in [0.4, 0.5) is 0 Å². The molecule has 0 spiro atoms. The third-order valence-electron chi connectivity index (χ3n) is 4.64. The highest BCUT2D eigenvalue weighted by molar-refractivity contribution is 7.99. The Morgan fingerprint density at radius 2 is 1.59 bits per heavy atom. The average molecular weight is 416 g/mol. The highest BCUT2D eigenvalue weighted by atomic mass is 32.2. The fourth-order valence-corrected chi connectivity index (χ4v) is 3.64. The molecule has 0 aliphatic heterocycles. The number of ether oxygens (including phenoxy) is 1. The van der Waals surface area contributed by atoms with Crippen LogP contribution in [-0.4, -0.2) is 33.3 Å². The molecule has 0 aromatic carbocycles. The van der Waals surface area contributed by atoms with Crippen molar-refractivity contribution >= 4 is 17.7 Å². The summed E-state index contributed by atoms with van der Waals surface area (Å²) < 4.78 is 5.32. The topological polar surface area (TPSA) is 65.0 Å². The Hall–Kier alpha value is -1.95. The molecule has 0 bridgehead atoms. The van der Waals surface area contributed by atoms with Crippen LogP contribution in [0.15, 0.2) is 41.8 Å². The first-order chi connectivity index (χ1) is 14.3. The third-order valence-corrected chi connectivity index (χ3v) is 5.48. The fraction of sp³-hybridized carbons (Fsp3) is 0.565. The van der Waals surface area contributed by atoms with Crippen LogP contribution in [0.3, 0.4) is 0 Å². The van der Waals surface area contributed by atoms with Gasteiger partial charge in [-0.15, -0.1) is 0 Å². The normalized spacial score (nSPS) is 10.8. The molecule has 0 atom stereocenters. The zero-order chi connectivity index (χ0) is 20.6. The Balaban J connectivity index is 1.52. The molecule has 5 nitrogen and oxygen atoms in total. The third kappa shape index (κ3) is 10.4. The summed E-state index contributed by atoms with van der Waals surface area (Å²) in [6.07, 6.45) is 16.1. The van der Waals surface area contributed by atoms with Crippen molar-refractivity contribution in [2.75, 3.05) is 12.4 Å². The standard InChI is InChI=1S/C23H33N3O2S/c1-2-3-4-5-6-7-8-9-10-13-18-28-22(27)19-29-23-25-17-15-21(26-23)20-14-11-12-16-24-20/h11-12,14-17H,2-10,13,18-19H2,1H3. The number of esters is 1. The highest BCUT2D eigenvalue weighted by Gasteiger charge is 2.08. The van der Waals surface area contributed by atoms with E-state index in [1.807, 2.05) is 24.3 Å². The minimum absolute atomic E-state index is 0.210. The van der Waals surface area contributed by atoms with E-state index in [0.29, 0.717) is 11.8 Å². The van der Waals surface area contributed by atoms with Crippen LogP contribution in [0.5, 0.6) is 0 Å². The largest absolute Gasteiger partial charge is 0.465 e. The van der Waals surface area contributed by atoms with Crippen LogP contribution >= 0.6 is 11.8 Å². The molecule has 6 heteroatoms. The quantitative estimate of drug-likeness (QED) is 0.152. The lowest BCUT2D eigenvalue weighted by Gasteiger charge is -2.05. The van der Waals surface area contributed by atoms with Gasteiger partial charge in [-0.2, -0.15) is 0 Å². The van der Waals surface area contributed by atoms with Crippen LogP contribution in [0.1, 0.15) is 71.1 Å². The van der Waals surface area contributed by atoms with E-state index in [1.165, 1.54) is 63.1 Å². The van der Waals surface area contributed by atoms with Crippen LogP contribution in [-0.2, 0) is 9.53 Å². The van der Waals surface area contributed by atoms with E-state index >= 15 is 0 Å². The van der Waals surface area contributed by atoms with Crippen LogP contribution < -0.4 is 0 Å². The maximum absolute atomic E-state index is 11.9. The Labute approximate surface area is 179 Å². The number of nitrogens with zero attached hydrogens (tertiary/aromatic N) is 3. The molecule has 2 aromatic heterocycles. The lowest BCUT2D eigenvalue weighted by Crippen LogP contribution is -2.09. The molecule has 0 radical (unpaired) electrons. The maximum atomic E-state index is 11.9. The zero-order valence-corrected chi connectivity index (χ0v) is 18.3. The highest BCUT2D eigenvalue weighted by Crippen LogP contribution is 2.18. The van der Waals surface area contributed by atoms with Gasteiger partial charge in [0.2, 0.25) is 0 Å². The summed E-state index contributed by atoms with van der Waals surface area (Å²) >= 11 is 1.30. The van der Waals surface area contributed by atoms with E-state index < -0.39 is 0 Å². The number of pyridine rings is 1. The van der Waals surface area contributed by atoms with Gasteiger partial charge in [-0.25, -0.2) is 9.97 Å². The molecule has 0 aliphatic carbocycles. The zero-order valence-electron chi connectivity index (χ0n) is 17.5. The summed E-state index contributed by atoms with van der Waals surface area (Å²) in [5.74, 6) is 0.0152. The molecule has 0 N–H and O–H groups in total. The summed E-state index contributed by atoms with van der Waals surface area (Å²) in [5.41, 5.74) is 1.54. The fourth-order valence-electron chi connectivity index (χ4n) is 3.01. The average Bonchev–Trinajstić information content (AvgIpc) is 2.77.